The third-order valence-corrected chi connectivity index (χ3v) is 4.41. The second kappa shape index (κ2) is 5.98. The minimum atomic E-state index is -1.19. The lowest BCUT2D eigenvalue weighted by Gasteiger charge is -2.21. The summed E-state index contributed by atoms with van der Waals surface area (Å²) in [6.45, 7) is 7.54. The fourth-order valence-electron chi connectivity index (χ4n) is 1.50. The monoisotopic (exact) mass is 311 g/mol. The van der Waals surface area contributed by atoms with Crippen molar-refractivity contribution in [2.24, 2.45) is 0 Å². The number of aromatic nitrogens is 4. The second-order valence-electron chi connectivity index (χ2n) is 5.62. The van der Waals surface area contributed by atoms with Gasteiger partial charge in [-0.15, -0.1) is 0 Å². The topological polar surface area (TPSA) is 72.7 Å². The van der Waals surface area contributed by atoms with Gasteiger partial charge in [-0.2, -0.15) is 5.10 Å². The molecule has 0 amide bonds. The Hall–Kier alpha value is -1.67. The lowest BCUT2D eigenvalue weighted by molar-refractivity contribution is 0.610. The first-order valence-corrected chi connectivity index (χ1v) is 7.63. The number of halogens is 1. The van der Waals surface area contributed by atoms with Crippen molar-refractivity contribution in [2.75, 3.05) is 0 Å². The Morgan fingerprint density at radius 1 is 1.29 bits per heavy atom. The molecule has 0 aromatic carbocycles. The summed E-state index contributed by atoms with van der Waals surface area (Å²) in [6.07, 6.45) is 5.39. The normalized spacial score (nSPS) is 14.9. The Kier molecular flexibility index (Phi) is 4.48. The molecule has 1 N–H and O–H groups in total. The van der Waals surface area contributed by atoms with Crippen molar-refractivity contribution in [3.05, 3.63) is 36.3 Å². The van der Waals surface area contributed by atoms with Gasteiger partial charge in [-0.1, -0.05) is 0 Å². The highest BCUT2D eigenvalue weighted by molar-refractivity contribution is 7.84. The van der Waals surface area contributed by atoms with E-state index in [1.54, 1.807) is 6.20 Å². The maximum Gasteiger partial charge on any atom is 0.171 e. The third-order valence-electron chi connectivity index (χ3n) is 2.73. The summed E-state index contributed by atoms with van der Waals surface area (Å²) in [4.78, 5) is 8.44. The Morgan fingerprint density at radius 3 is 2.48 bits per heavy atom. The fraction of sp³-hybridized carbons (Fsp3) is 0.462. The van der Waals surface area contributed by atoms with Crippen LogP contribution in [-0.2, 0) is 11.0 Å². The first-order chi connectivity index (χ1) is 9.77. The number of nitrogens with one attached hydrogen (secondary N) is 1. The Bertz CT molecular complexity index is 635. The summed E-state index contributed by atoms with van der Waals surface area (Å²) in [6, 6.07) is -0.207. The van der Waals surface area contributed by atoms with Crippen molar-refractivity contribution in [3.8, 4) is 5.82 Å². The zero-order valence-corrected chi connectivity index (χ0v) is 13.2. The highest BCUT2D eigenvalue weighted by atomic mass is 32.2. The van der Waals surface area contributed by atoms with E-state index in [1.807, 2.05) is 27.7 Å². The van der Waals surface area contributed by atoms with Crippen molar-refractivity contribution >= 4 is 11.0 Å². The van der Waals surface area contributed by atoms with E-state index in [1.165, 1.54) is 17.1 Å². The molecule has 0 saturated heterocycles. The summed E-state index contributed by atoms with van der Waals surface area (Å²) < 4.78 is 28.9. The molecule has 0 bridgehead atoms. The number of hydrogen-bond acceptors (Lipinski definition) is 4. The molecule has 0 aliphatic heterocycles. The molecular weight excluding hydrogens is 293 g/mol. The molecular formula is C13H18FN5OS. The van der Waals surface area contributed by atoms with Crippen LogP contribution >= 0.6 is 0 Å². The lowest BCUT2D eigenvalue weighted by atomic mass is 10.3. The van der Waals surface area contributed by atoms with Crippen molar-refractivity contribution in [3.63, 3.8) is 0 Å². The Balaban J connectivity index is 2.10. The van der Waals surface area contributed by atoms with Crippen LogP contribution in [0.1, 0.15) is 39.4 Å². The van der Waals surface area contributed by atoms with E-state index in [0.717, 1.165) is 6.20 Å². The van der Waals surface area contributed by atoms with Crippen molar-refractivity contribution in [1.82, 2.24) is 24.5 Å². The molecule has 6 nitrogen and oxygen atoms in total. The molecule has 0 fully saturated rings. The van der Waals surface area contributed by atoms with Crippen LogP contribution in [0.5, 0.6) is 0 Å². The van der Waals surface area contributed by atoms with Crippen LogP contribution < -0.4 is 4.72 Å². The zero-order chi connectivity index (χ0) is 15.6. The van der Waals surface area contributed by atoms with Crippen LogP contribution in [0.4, 0.5) is 4.39 Å². The van der Waals surface area contributed by atoms with Gasteiger partial charge in [0.25, 0.3) is 0 Å². The zero-order valence-electron chi connectivity index (χ0n) is 12.4. The number of nitrogens with zero attached hydrogens (tertiary/aromatic N) is 4. The van der Waals surface area contributed by atoms with Crippen LogP contribution in [0, 0.1) is 5.82 Å². The molecule has 2 aromatic heterocycles. The fourth-order valence-corrected chi connectivity index (χ4v) is 2.29. The average molecular weight is 311 g/mol. The van der Waals surface area contributed by atoms with Crippen LogP contribution in [-0.4, -0.2) is 28.7 Å². The van der Waals surface area contributed by atoms with Gasteiger partial charge in [0.2, 0.25) is 0 Å². The van der Waals surface area contributed by atoms with E-state index in [9.17, 15) is 8.60 Å². The van der Waals surface area contributed by atoms with Crippen molar-refractivity contribution in [1.29, 1.82) is 0 Å². The largest absolute Gasteiger partial charge is 0.254 e. The van der Waals surface area contributed by atoms with Gasteiger partial charge in [-0.25, -0.2) is 23.0 Å². The first-order valence-electron chi connectivity index (χ1n) is 6.48. The molecule has 21 heavy (non-hydrogen) atoms. The molecule has 2 rings (SSSR count). The van der Waals surface area contributed by atoms with Gasteiger partial charge in [0.1, 0.15) is 0 Å². The number of hydrogen-bond donors (Lipinski definition) is 1. The smallest absolute Gasteiger partial charge is 0.171 e. The minimum Gasteiger partial charge on any atom is -0.254 e. The molecule has 2 atom stereocenters. The highest BCUT2D eigenvalue weighted by Gasteiger charge is 2.22. The summed E-state index contributed by atoms with van der Waals surface area (Å²) in [5, 5.41) is 3.82. The van der Waals surface area contributed by atoms with Gasteiger partial charge >= 0.3 is 0 Å². The van der Waals surface area contributed by atoms with E-state index >= 15 is 0 Å². The molecule has 2 heterocycles. The average Bonchev–Trinajstić information content (AvgIpc) is 2.84. The summed E-state index contributed by atoms with van der Waals surface area (Å²) in [5.74, 6) is -0.0109. The van der Waals surface area contributed by atoms with Crippen molar-refractivity contribution in [2.45, 2.75) is 38.5 Å². The van der Waals surface area contributed by atoms with E-state index in [4.69, 9.17) is 0 Å². The standard InChI is InChI=1S/C13H18FN5OS/c1-9(18-21(20)13(2,3)4)11-6-16-12(7-15-11)19-8-10(14)5-17-19/h5-9,18H,1-4H3/t9-,21-/m0/s1. The molecule has 0 unspecified atom stereocenters. The van der Waals surface area contributed by atoms with E-state index in [0.29, 0.717) is 11.5 Å². The molecule has 0 aliphatic rings. The highest BCUT2D eigenvalue weighted by Crippen LogP contribution is 2.15. The molecule has 0 saturated carbocycles. The predicted octanol–water partition coefficient (Wildman–Crippen LogP) is 1.91. The first kappa shape index (κ1) is 15.7. The van der Waals surface area contributed by atoms with Gasteiger partial charge in [-0.3, -0.25) is 4.98 Å². The summed E-state index contributed by atoms with van der Waals surface area (Å²) >= 11 is 0. The SMILES string of the molecule is C[C@H](N[S@@](=O)C(C)(C)C)c1cnc(-n2cc(F)cn2)cn1. The number of rotatable bonds is 4. The third kappa shape index (κ3) is 3.92. The van der Waals surface area contributed by atoms with E-state index in [2.05, 4.69) is 19.8 Å². The second-order valence-corrected chi connectivity index (χ2v) is 7.62. The Morgan fingerprint density at radius 2 is 2.00 bits per heavy atom. The van der Waals surface area contributed by atoms with Gasteiger partial charge < -0.3 is 0 Å². The maximum absolute atomic E-state index is 12.9. The van der Waals surface area contributed by atoms with Crippen LogP contribution in [0.2, 0.25) is 0 Å². The molecule has 0 aliphatic carbocycles. The maximum atomic E-state index is 12.9. The molecule has 8 heteroatoms. The van der Waals surface area contributed by atoms with Gasteiger partial charge in [0.15, 0.2) is 11.6 Å². The molecule has 0 radical (unpaired) electrons. The van der Waals surface area contributed by atoms with Crippen LogP contribution in [0.15, 0.2) is 24.8 Å². The van der Waals surface area contributed by atoms with E-state index in [-0.39, 0.29) is 10.8 Å². The lowest BCUT2D eigenvalue weighted by Crippen LogP contribution is -2.35. The molecule has 114 valence electrons. The van der Waals surface area contributed by atoms with Crippen LogP contribution in [0.3, 0.4) is 0 Å². The van der Waals surface area contributed by atoms with Crippen molar-refractivity contribution < 1.29 is 8.60 Å². The van der Waals surface area contributed by atoms with E-state index < -0.39 is 16.8 Å². The van der Waals surface area contributed by atoms with Gasteiger partial charge in [0, 0.05) is 0 Å². The predicted molar refractivity (Wildman–Crippen MR) is 78.6 cm³/mol. The molecule has 2 aromatic rings. The van der Waals surface area contributed by atoms with Crippen LogP contribution in [0.25, 0.3) is 5.82 Å². The van der Waals surface area contributed by atoms with Gasteiger partial charge in [-0.05, 0) is 27.7 Å². The summed E-state index contributed by atoms with van der Waals surface area (Å²) in [5.41, 5.74) is 0.656. The minimum absolute atomic E-state index is 0.207. The van der Waals surface area contributed by atoms with Gasteiger partial charge in [0.05, 0.1) is 52.3 Å². The quantitative estimate of drug-likeness (QED) is 0.936. The molecule has 0 spiro atoms. The summed E-state index contributed by atoms with van der Waals surface area (Å²) in [7, 11) is -1.19. The Labute approximate surface area is 125 Å².